The molecule has 1 aliphatic heterocycles. The predicted octanol–water partition coefficient (Wildman–Crippen LogP) is 7.01. The number of ether oxygens (including phenoxy) is 1. The zero-order chi connectivity index (χ0) is 21.8. The summed E-state index contributed by atoms with van der Waals surface area (Å²) in [6.45, 7) is 3.85. The Morgan fingerprint density at radius 3 is 2.81 bits per heavy atom. The van der Waals surface area contributed by atoms with Crippen LogP contribution in [0.4, 0.5) is 10.5 Å². The van der Waals surface area contributed by atoms with E-state index in [-0.39, 0.29) is 12.1 Å². The molecule has 1 aliphatic rings. The van der Waals surface area contributed by atoms with E-state index in [0.717, 1.165) is 34.3 Å². The number of anilines is 1. The Kier molecular flexibility index (Phi) is 7.20. The van der Waals surface area contributed by atoms with E-state index in [1.807, 2.05) is 52.3 Å². The van der Waals surface area contributed by atoms with Crippen molar-refractivity contribution in [3.8, 4) is 5.75 Å². The second-order valence-corrected chi connectivity index (χ2v) is 10.0. The van der Waals surface area contributed by atoms with Gasteiger partial charge in [0.2, 0.25) is 0 Å². The smallest absolute Gasteiger partial charge is 0.325 e. The van der Waals surface area contributed by atoms with E-state index in [4.69, 9.17) is 16.3 Å². The summed E-state index contributed by atoms with van der Waals surface area (Å²) in [5.74, 6) is 0.742. The number of urea groups is 1. The highest BCUT2D eigenvalue weighted by Crippen LogP contribution is 2.35. The van der Waals surface area contributed by atoms with Gasteiger partial charge in [0, 0.05) is 39.9 Å². The number of amides is 2. The molecule has 7 heteroatoms. The molecule has 0 saturated carbocycles. The van der Waals surface area contributed by atoms with E-state index < -0.39 is 0 Å². The molecule has 0 radical (unpaired) electrons. The normalized spacial score (nSPS) is 14.4. The van der Waals surface area contributed by atoms with Gasteiger partial charge in [-0.3, -0.25) is 4.90 Å². The summed E-state index contributed by atoms with van der Waals surface area (Å²) >= 11 is 11.3. The number of hydrogen-bond donors (Lipinski definition) is 0. The fraction of sp³-hybridized carbons (Fsp3) is 0.292. The first-order valence-corrected chi connectivity index (χ1v) is 12.3. The van der Waals surface area contributed by atoms with Crippen LogP contribution in [0.25, 0.3) is 0 Å². The molecule has 4 rings (SSSR count). The lowest BCUT2D eigenvalue weighted by atomic mass is 10.1. The van der Waals surface area contributed by atoms with E-state index in [0.29, 0.717) is 24.7 Å². The Balaban J connectivity index is 1.65. The first-order valence-electron chi connectivity index (χ1n) is 10.3. The highest BCUT2D eigenvalue weighted by Gasteiger charge is 2.30. The number of benzene rings is 2. The molecule has 3 aromatic rings. The molecule has 1 atom stereocenters. The van der Waals surface area contributed by atoms with Crippen molar-refractivity contribution in [1.29, 1.82) is 0 Å². The Morgan fingerprint density at radius 2 is 2.06 bits per heavy atom. The SMILES string of the molecule is CC(Cc1cccs1)N(Cc1ccc(Cl)cc1)C(=O)N1CCCOc2ccc(Br)cc21. The van der Waals surface area contributed by atoms with Crippen LogP contribution in [0.15, 0.2) is 64.5 Å². The average molecular weight is 520 g/mol. The minimum absolute atomic E-state index is 0.0103. The fourth-order valence-corrected chi connectivity index (χ4v) is 5.03. The molecule has 162 valence electrons. The highest BCUT2D eigenvalue weighted by molar-refractivity contribution is 9.10. The van der Waals surface area contributed by atoms with Crippen molar-refractivity contribution >= 4 is 50.6 Å². The molecule has 0 bridgehead atoms. The van der Waals surface area contributed by atoms with Gasteiger partial charge in [0.25, 0.3) is 0 Å². The van der Waals surface area contributed by atoms with Crippen molar-refractivity contribution in [3.05, 3.63) is 79.9 Å². The quantitative estimate of drug-likeness (QED) is 0.363. The molecule has 0 saturated heterocycles. The van der Waals surface area contributed by atoms with Gasteiger partial charge in [0.15, 0.2) is 0 Å². The predicted molar refractivity (Wildman–Crippen MR) is 131 cm³/mol. The number of nitrogens with zero attached hydrogens (tertiary/aromatic N) is 2. The van der Waals surface area contributed by atoms with E-state index in [2.05, 4.69) is 40.4 Å². The lowest BCUT2D eigenvalue weighted by molar-refractivity contribution is 0.181. The van der Waals surface area contributed by atoms with Crippen LogP contribution in [0.1, 0.15) is 23.8 Å². The summed E-state index contributed by atoms with van der Waals surface area (Å²) in [4.78, 5) is 19.0. The summed E-state index contributed by atoms with van der Waals surface area (Å²) in [5, 5.41) is 2.77. The molecular formula is C24H24BrClN2O2S. The maximum atomic E-state index is 13.9. The van der Waals surface area contributed by atoms with Gasteiger partial charge < -0.3 is 9.64 Å². The van der Waals surface area contributed by atoms with E-state index in [9.17, 15) is 4.79 Å². The van der Waals surface area contributed by atoms with E-state index >= 15 is 0 Å². The summed E-state index contributed by atoms with van der Waals surface area (Å²) in [6, 6.07) is 17.7. The van der Waals surface area contributed by atoms with Crippen molar-refractivity contribution < 1.29 is 9.53 Å². The zero-order valence-electron chi connectivity index (χ0n) is 17.3. The Bertz CT molecular complexity index is 1030. The lowest BCUT2D eigenvalue weighted by Crippen LogP contribution is -2.48. The molecule has 31 heavy (non-hydrogen) atoms. The number of halogens is 2. The maximum absolute atomic E-state index is 13.9. The maximum Gasteiger partial charge on any atom is 0.325 e. The van der Waals surface area contributed by atoms with Crippen LogP contribution >= 0.6 is 38.9 Å². The monoisotopic (exact) mass is 518 g/mol. The Morgan fingerprint density at radius 1 is 1.26 bits per heavy atom. The van der Waals surface area contributed by atoms with Gasteiger partial charge in [0.05, 0.1) is 12.3 Å². The first kappa shape index (κ1) is 22.2. The van der Waals surface area contributed by atoms with Crippen molar-refractivity contribution in [2.75, 3.05) is 18.1 Å². The molecule has 2 aromatic carbocycles. The molecule has 0 fully saturated rings. The van der Waals surface area contributed by atoms with Gasteiger partial charge in [-0.2, -0.15) is 0 Å². The van der Waals surface area contributed by atoms with Crippen molar-refractivity contribution in [3.63, 3.8) is 0 Å². The average Bonchev–Trinajstić information content (AvgIpc) is 3.18. The van der Waals surface area contributed by atoms with E-state index in [1.54, 1.807) is 11.3 Å². The molecule has 0 N–H and O–H groups in total. The van der Waals surface area contributed by atoms with Crippen LogP contribution in [0.3, 0.4) is 0 Å². The molecule has 1 unspecified atom stereocenters. The highest BCUT2D eigenvalue weighted by atomic mass is 79.9. The van der Waals surface area contributed by atoms with Crippen LogP contribution in [0, 0.1) is 0 Å². The summed E-state index contributed by atoms with van der Waals surface area (Å²) < 4.78 is 6.82. The number of thiophene rings is 1. The Labute approximate surface area is 200 Å². The molecule has 0 spiro atoms. The minimum Gasteiger partial charge on any atom is -0.491 e. The number of fused-ring (bicyclic) bond motifs is 1. The Hall–Kier alpha value is -2.02. The molecule has 2 heterocycles. The summed E-state index contributed by atoms with van der Waals surface area (Å²) in [7, 11) is 0. The molecular weight excluding hydrogens is 496 g/mol. The van der Waals surface area contributed by atoms with Crippen molar-refractivity contribution in [1.82, 2.24) is 4.90 Å². The third-order valence-corrected chi connectivity index (χ3v) is 6.99. The van der Waals surface area contributed by atoms with Gasteiger partial charge in [-0.1, -0.05) is 45.7 Å². The van der Waals surface area contributed by atoms with Crippen LogP contribution in [-0.2, 0) is 13.0 Å². The zero-order valence-corrected chi connectivity index (χ0v) is 20.4. The van der Waals surface area contributed by atoms with Crippen LogP contribution in [0.2, 0.25) is 5.02 Å². The van der Waals surface area contributed by atoms with Crippen LogP contribution < -0.4 is 9.64 Å². The molecule has 2 amide bonds. The van der Waals surface area contributed by atoms with Crippen LogP contribution in [-0.4, -0.2) is 30.1 Å². The molecule has 0 aliphatic carbocycles. The van der Waals surface area contributed by atoms with Crippen molar-refractivity contribution in [2.45, 2.75) is 32.4 Å². The van der Waals surface area contributed by atoms with Gasteiger partial charge in [-0.25, -0.2) is 4.79 Å². The number of rotatable bonds is 5. The third-order valence-electron chi connectivity index (χ3n) is 5.35. The molecule has 1 aromatic heterocycles. The topological polar surface area (TPSA) is 32.8 Å². The van der Waals surface area contributed by atoms with Gasteiger partial charge in [0.1, 0.15) is 5.75 Å². The second kappa shape index (κ2) is 10.1. The number of carbonyl (C=O) groups excluding carboxylic acids is 1. The van der Waals surface area contributed by atoms with Gasteiger partial charge >= 0.3 is 6.03 Å². The first-order chi connectivity index (χ1) is 15.0. The minimum atomic E-state index is -0.0103. The third kappa shape index (κ3) is 5.43. The lowest BCUT2D eigenvalue weighted by Gasteiger charge is -2.34. The second-order valence-electron chi connectivity index (χ2n) is 7.64. The number of carbonyl (C=O) groups is 1. The van der Waals surface area contributed by atoms with Crippen molar-refractivity contribution in [2.24, 2.45) is 0 Å². The van der Waals surface area contributed by atoms with Gasteiger partial charge in [-0.05, 0) is 60.7 Å². The summed E-state index contributed by atoms with van der Waals surface area (Å²) in [5.41, 5.74) is 1.86. The molecule has 4 nitrogen and oxygen atoms in total. The van der Waals surface area contributed by atoms with Gasteiger partial charge in [-0.15, -0.1) is 11.3 Å². The largest absolute Gasteiger partial charge is 0.491 e. The number of hydrogen-bond acceptors (Lipinski definition) is 3. The van der Waals surface area contributed by atoms with Crippen LogP contribution in [0.5, 0.6) is 5.75 Å². The van der Waals surface area contributed by atoms with E-state index in [1.165, 1.54) is 4.88 Å². The fourth-order valence-electron chi connectivity index (χ4n) is 3.73. The standard InChI is InChI=1S/C24H24BrClN2O2S/c1-17(14-21-4-2-13-31-21)28(16-18-5-8-20(26)9-6-18)24(29)27-11-3-12-30-23-10-7-19(25)15-22(23)27/h2,4-10,13,15,17H,3,11-12,14,16H2,1H3. The summed E-state index contributed by atoms with van der Waals surface area (Å²) in [6.07, 6.45) is 1.60.